The minimum absolute atomic E-state index is 0.0824. The lowest BCUT2D eigenvalue weighted by Gasteiger charge is -2.25. The highest BCUT2D eigenvalue weighted by molar-refractivity contribution is 5.82. The summed E-state index contributed by atoms with van der Waals surface area (Å²) in [6.07, 6.45) is 3.16. The summed E-state index contributed by atoms with van der Waals surface area (Å²) in [5.41, 5.74) is 7.97. The Hall–Kier alpha value is -2.24. The van der Waals surface area contributed by atoms with Crippen LogP contribution in [0.1, 0.15) is 30.4 Å². The molecule has 0 radical (unpaired) electrons. The van der Waals surface area contributed by atoms with Crippen LogP contribution in [0.15, 0.2) is 54.6 Å². The molecule has 1 fully saturated rings. The van der Waals surface area contributed by atoms with Crippen LogP contribution in [-0.2, 0) is 17.8 Å². The van der Waals surface area contributed by atoms with E-state index < -0.39 is 0 Å². The summed E-state index contributed by atoms with van der Waals surface area (Å²) < 4.78 is 13.8. The van der Waals surface area contributed by atoms with Crippen LogP contribution in [0.4, 0.5) is 4.39 Å². The number of carbonyl (C=O) groups excluding carboxylic acids is 1. The van der Waals surface area contributed by atoms with Crippen molar-refractivity contribution < 1.29 is 9.18 Å². The predicted molar refractivity (Wildman–Crippen MR) is 106 cm³/mol. The maximum atomic E-state index is 13.8. The van der Waals surface area contributed by atoms with Gasteiger partial charge in [-0.2, -0.15) is 0 Å². The summed E-state index contributed by atoms with van der Waals surface area (Å²) in [5, 5.41) is 3.04. The number of nitrogens with one attached hydrogen (secondary N) is 1. The first kappa shape index (κ1) is 19.5. The quantitative estimate of drug-likeness (QED) is 0.752. The fourth-order valence-corrected chi connectivity index (χ4v) is 3.67. The number of nitrogens with zero attached hydrogens (tertiary/aromatic N) is 1. The predicted octanol–water partition coefficient (Wildman–Crippen LogP) is 2.87. The molecule has 3 N–H and O–H groups in total. The molecule has 4 nitrogen and oxygen atoms in total. The van der Waals surface area contributed by atoms with Gasteiger partial charge < -0.3 is 11.1 Å². The molecule has 0 unspecified atom stereocenters. The van der Waals surface area contributed by atoms with Gasteiger partial charge in [0.2, 0.25) is 5.91 Å². The molecule has 1 amide bonds. The van der Waals surface area contributed by atoms with Crippen molar-refractivity contribution in [3.05, 3.63) is 71.5 Å². The molecule has 0 saturated carbocycles. The van der Waals surface area contributed by atoms with Gasteiger partial charge in [0.15, 0.2) is 0 Å². The number of carbonyl (C=O) groups is 1. The first-order valence-electron chi connectivity index (χ1n) is 9.68. The van der Waals surface area contributed by atoms with Crippen LogP contribution in [0.5, 0.6) is 0 Å². The molecule has 1 saturated heterocycles. The fraction of sp³-hybridized carbons (Fsp3) is 0.409. The summed E-state index contributed by atoms with van der Waals surface area (Å²) in [4.78, 5) is 14.8. The Balaban J connectivity index is 1.46. The average Bonchev–Trinajstić information content (AvgIpc) is 3.16. The summed E-state index contributed by atoms with van der Waals surface area (Å²) in [6.45, 7) is 2.23. The van der Waals surface area contributed by atoms with Gasteiger partial charge in [-0.3, -0.25) is 9.69 Å². The standard InChI is InChI=1S/C22H28FN3O/c23-20-10-5-4-9-18(20)15-19(24)12-14-26-13-6-11-21(26)22(27)25-16-17-7-2-1-3-8-17/h1-5,7-10,19,21H,6,11-16,24H2,(H,25,27)/t19-,21-/m0/s1. The van der Waals surface area contributed by atoms with Crippen LogP contribution in [-0.4, -0.2) is 36.0 Å². The Labute approximate surface area is 160 Å². The van der Waals surface area contributed by atoms with Gasteiger partial charge in [-0.1, -0.05) is 48.5 Å². The summed E-state index contributed by atoms with van der Waals surface area (Å²) in [6, 6.07) is 16.5. The molecule has 0 bridgehead atoms. The molecular weight excluding hydrogens is 341 g/mol. The molecule has 0 spiro atoms. The second kappa shape index (κ2) is 9.62. The third-order valence-corrected chi connectivity index (χ3v) is 5.20. The molecule has 3 rings (SSSR count). The lowest BCUT2D eigenvalue weighted by Crippen LogP contribution is -2.44. The van der Waals surface area contributed by atoms with Gasteiger partial charge >= 0.3 is 0 Å². The van der Waals surface area contributed by atoms with Gasteiger partial charge in [-0.25, -0.2) is 4.39 Å². The van der Waals surface area contributed by atoms with Gasteiger partial charge in [0.05, 0.1) is 6.04 Å². The Morgan fingerprint density at radius 1 is 1.19 bits per heavy atom. The minimum atomic E-state index is -0.202. The molecule has 1 aliphatic heterocycles. The third kappa shape index (κ3) is 5.62. The number of amides is 1. The second-order valence-corrected chi connectivity index (χ2v) is 7.24. The topological polar surface area (TPSA) is 58.4 Å². The average molecular weight is 369 g/mol. The summed E-state index contributed by atoms with van der Waals surface area (Å²) in [7, 11) is 0. The van der Waals surface area contributed by atoms with E-state index in [-0.39, 0.29) is 23.8 Å². The maximum absolute atomic E-state index is 13.8. The van der Waals surface area contributed by atoms with Crippen LogP contribution in [0.2, 0.25) is 0 Å². The van der Waals surface area contributed by atoms with E-state index in [0.29, 0.717) is 18.5 Å². The molecule has 27 heavy (non-hydrogen) atoms. The molecule has 5 heteroatoms. The highest BCUT2D eigenvalue weighted by Crippen LogP contribution is 2.19. The smallest absolute Gasteiger partial charge is 0.237 e. The van der Waals surface area contributed by atoms with E-state index in [9.17, 15) is 9.18 Å². The largest absolute Gasteiger partial charge is 0.351 e. The number of benzene rings is 2. The van der Waals surface area contributed by atoms with Crippen LogP contribution in [0.3, 0.4) is 0 Å². The van der Waals surface area contributed by atoms with Crippen LogP contribution >= 0.6 is 0 Å². The molecule has 1 aliphatic rings. The summed E-state index contributed by atoms with van der Waals surface area (Å²) in [5.74, 6) is -0.119. The number of likely N-dealkylation sites (tertiary alicyclic amines) is 1. The molecule has 2 atom stereocenters. The lowest BCUT2D eigenvalue weighted by atomic mass is 10.0. The summed E-state index contributed by atoms with van der Waals surface area (Å²) >= 11 is 0. The molecule has 2 aromatic carbocycles. The van der Waals surface area contributed by atoms with Gasteiger partial charge in [0.1, 0.15) is 5.82 Å². The SMILES string of the molecule is N[C@@H](CCN1CCC[C@H]1C(=O)NCc1ccccc1)Cc1ccccc1F. The van der Waals surface area contributed by atoms with Crippen molar-refractivity contribution in [1.29, 1.82) is 0 Å². The van der Waals surface area contributed by atoms with E-state index in [0.717, 1.165) is 37.9 Å². The second-order valence-electron chi connectivity index (χ2n) is 7.24. The highest BCUT2D eigenvalue weighted by atomic mass is 19.1. The van der Waals surface area contributed by atoms with E-state index >= 15 is 0 Å². The normalized spacial score (nSPS) is 18.4. The molecule has 0 aliphatic carbocycles. The van der Waals surface area contributed by atoms with Crippen molar-refractivity contribution in [3.63, 3.8) is 0 Å². The minimum Gasteiger partial charge on any atom is -0.351 e. The number of rotatable bonds is 8. The zero-order chi connectivity index (χ0) is 19.1. The van der Waals surface area contributed by atoms with Crippen molar-refractivity contribution >= 4 is 5.91 Å². The zero-order valence-corrected chi connectivity index (χ0v) is 15.6. The maximum Gasteiger partial charge on any atom is 0.237 e. The van der Waals surface area contributed by atoms with E-state index in [1.807, 2.05) is 36.4 Å². The van der Waals surface area contributed by atoms with Crippen LogP contribution in [0.25, 0.3) is 0 Å². The zero-order valence-electron chi connectivity index (χ0n) is 15.6. The van der Waals surface area contributed by atoms with Crippen LogP contribution in [0, 0.1) is 5.82 Å². The molecule has 1 heterocycles. The number of hydrogen-bond donors (Lipinski definition) is 2. The number of halogens is 1. The first-order valence-corrected chi connectivity index (χ1v) is 9.68. The fourth-order valence-electron chi connectivity index (χ4n) is 3.67. The lowest BCUT2D eigenvalue weighted by molar-refractivity contribution is -0.125. The van der Waals surface area contributed by atoms with Gasteiger partial charge in [-0.05, 0) is 49.4 Å². The molecule has 2 aromatic rings. The van der Waals surface area contributed by atoms with Crippen molar-refractivity contribution in [2.45, 2.75) is 44.3 Å². The van der Waals surface area contributed by atoms with E-state index in [1.165, 1.54) is 6.07 Å². The van der Waals surface area contributed by atoms with Gasteiger partial charge in [-0.15, -0.1) is 0 Å². The molecule has 0 aromatic heterocycles. The van der Waals surface area contributed by atoms with Crippen LogP contribution < -0.4 is 11.1 Å². The highest BCUT2D eigenvalue weighted by Gasteiger charge is 2.30. The monoisotopic (exact) mass is 369 g/mol. The Kier molecular flexibility index (Phi) is 6.96. The van der Waals surface area contributed by atoms with Gasteiger partial charge in [0.25, 0.3) is 0 Å². The van der Waals surface area contributed by atoms with E-state index in [4.69, 9.17) is 5.73 Å². The number of hydrogen-bond acceptors (Lipinski definition) is 3. The van der Waals surface area contributed by atoms with E-state index in [1.54, 1.807) is 12.1 Å². The van der Waals surface area contributed by atoms with Crippen molar-refractivity contribution in [1.82, 2.24) is 10.2 Å². The Morgan fingerprint density at radius 3 is 2.70 bits per heavy atom. The molecule has 144 valence electrons. The number of nitrogens with two attached hydrogens (primary N) is 1. The molecular formula is C22H28FN3O. The van der Waals surface area contributed by atoms with E-state index in [2.05, 4.69) is 10.2 Å². The first-order chi connectivity index (χ1) is 13.1. The van der Waals surface area contributed by atoms with Crippen molar-refractivity contribution in [3.8, 4) is 0 Å². The van der Waals surface area contributed by atoms with Crippen molar-refractivity contribution in [2.75, 3.05) is 13.1 Å². The van der Waals surface area contributed by atoms with Crippen molar-refractivity contribution in [2.24, 2.45) is 5.73 Å². The Bertz CT molecular complexity index is 737. The Morgan fingerprint density at radius 2 is 1.93 bits per heavy atom. The van der Waals surface area contributed by atoms with Gasteiger partial charge in [0, 0.05) is 19.1 Å². The third-order valence-electron chi connectivity index (χ3n) is 5.20.